The molecule has 0 bridgehead atoms. The fourth-order valence-corrected chi connectivity index (χ4v) is 20.0. The highest BCUT2D eigenvalue weighted by Crippen LogP contribution is 2.57. The van der Waals surface area contributed by atoms with Gasteiger partial charge in [-0.25, -0.2) is 0 Å². The Kier molecular flexibility index (Phi) is 14.5. The quantitative estimate of drug-likeness (QED) is 0.114. The summed E-state index contributed by atoms with van der Waals surface area (Å²) in [5, 5.41) is 21.3. The molecule has 0 radical (unpaired) electrons. The summed E-state index contributed by atoms with van der Waals surface area (Å²) in [6.45, 7) is 0. The number of furan rings is 3. The van der Waals surface area contributed by atoms with E-state index in [1.165, 1.54) is 141 Å². The van der Waals surface area contributed by atoms with Crippen LogP contribution in [0.15, 0.2) is 292 Å². The molecule has 0 unspecified atom stereocenters. The van der Waals surface area contributed by atoms with Gasteiger partial charge in [-0.05, 0) is 201 Å². The van der Waals surface area contributed by atoms with Gasteiger partial charge in [0.2, 0.25) is 0 Å². The molecule has 6 heteroatoms. The van der Waals surface area contributed by atoms with Crippen LogP contribution in [0.4, 0.5) is 51.2 Å². The van der Waals surface area contributed by atoms with Crippen LogP contribution < -0.4 is 14.7 Å². The van der Waals surface area contributed by atoms with Crippen LogP contribution in [-0.2, 0) is 0 Å². The summed E-state index contributed by atoms with van der Waals surface area (Å²) in [5.41, 5.74) is 18.8. The first-order valence-electron chi connectivity index (χ1n) is 39.0. The molecule has 0 aliphatic heterocycles. The number of hydrogen-bond acceptors (Lipinski definition) is 6. The van der Waals surface area contributed by atoms with Gasteiger partial charge in [-0.15, -0.1) is 0 Å². The highest BCUT2D eigenvalue weighted by atomic mass is 16.3. The van der Waals surface area contributed by atoms with Gasteiger partial charge >= 0.3 is 0 Å². The lowest BCUT2D eigenvalue weighted by Crippen LogP contribution is -2.15. The van der Waals surface area contributed by atoms with Crippen molar-refractivity contribution in [3.8, 4) is 0 Å². The van der Waals surface area contributed by atoms with Crippen LogP contribution in [0.5, 0.6) is 0 Å². The second-order valence-corrected chi connectivity index (χ2v) is 30.7. The van der Waals surface area contributed by atoms with E-state index in [0.717, 1.165) is 153 Å². The minimum absolute atomic E-state index is 0.418. The Hall–Kier alpha value is -11.9. The summed E-state index contributed by atoms with van der Waals surface area (Å²) in [4.78, 5) is 7.51. The third-order valence-electron chi connectivity index (χ3n) is 24.8. The largest absolute Gasteiger partial charge is 0.454 e. The molecule has 3 aromatic heterocycles. The second kappa shape index (κ2) is 24.9. The van der Waals surface area contributed by atoms with Crippen LogP contribution in [0.3, 0.4) is 0 Å². The van der Waals surface area contributed by atoms with Crippen molar-refractivity contribution in [2.75, 3.05) is 14.7 Å². The van der Waals surface area contributed by atoms with E-state index in [0.29, 0.717) is 17.8 Å². The standard InChI is InChI=1S/C100H79N3O3/c1-7-28-62(29-8-1)81-58-66-34-19-22-43-72(66)92-78-46-25-49-85(95(78)104-98(81)92)101(69-37-13-4-14-38-69)84-57-53-65-52-54-76-88(102(70-39-15-5-16-40-70)86-50-26-47-79-93-73-44-23-20-35-67(73)59-82(99(93)105-96(79)86)63-30-9-2-10-31-63)61-89(77-56-55-75(84)90(65)91(76)77)103(71-41-17-6-18-42-71)87-51-27-48-80-94-74-45-24-21-36-68(74)60-83(100(94)106-97(80)87)64-32-11-3-12-33-64/h4-6,13-27,34-64H,1-3,7-12,28-33H2. The van der Waals surface area contributed by atoms with Crippen molar-refractivity contribution in [3.05, 3.63) is 296 Å². The maximum atomic E-state index is 7.76. The number of rotatable bonds is 12. The summed E-state index contributed by atoms with van der Waals surface area (Å²) in [7, 11) is 0. The van der Waals surface area contributed by atoms with Crippen LogP contribution in [0, 0.1) is 0 Å². The Morgan fingerprint density at radius 3 is 0.887 bits per heavy atom. The summed E-state index contributed by atoms with van der Waals surface area (Å²) >= 11 is 0. The molecule has 19 aromatic rings. The lowest BCUT2D eigenvalue weighted by molar-refractivity contribution is 0.442. The summed E-state index contributed by atoms with van der Waals surface area (Å²) in [6.07, 6.45) is 18.3. The molecule has 0 atom stereocenters. The molecule has 106 heavy (non-hydrogen) atoms. The van der Waals surface area contributed by atoms with Crippen LogP contribution in [0.2, 0.25) is 0 Å². The normalized spacial score (nSPS) is 15.2. The minimum atomic E-state index is 0.418. The molecular formula is C100H79N3O3. The first-order valence-corrected chi connectivity index (χ1v) is 39.0. The summed E-state index contributed by atoms with van der Waals surface area (Å²) in [6, 6.07) is 105. The SMILES string of the molecule is c1ccc(N(c2ccc3ccc4c(N(c5ccccc5)c5cccc6c5oc5c(C7CCCCC7)cc7ccccc7c56)cc(N(c5ccccc5)c5cccc6c5oc5c(C7CCCCC7)cc7ccccc7c56)c5ccc2c3c45)c2cccc3c2oc2c(C4CCCCC4)cc4ccccc4c23)cc1. The van der Waals surface area contributed by atoms with Gasteiger partial charge in [0.25, 0.3) is 0 Å². The zero-order chi connectivity index (χ0) is 69.5. The van der Waals surface area contributed by atoms with Gasteiger partial charge in [0.05, 0.1) is 34.1 Å². The zero-order valence-corrected chi connectivity index (χ0v) is 59.5. The van der Waals surface area contributed by atoms with Crippen LogP contribution in [-0.4, -0.2) is 0 Å². The number of para-hydroxylation sites is 6. The summed E-state index contributed by atoms with van der Waals surface area (Å²) < 4.78 is 23.1. The monoisotopic (exact) mass is 1370 g/mol. The van der Waals surface area contributed by atoms with Gasteiger partial charge in [-0.1, -0.05) is 252 Å². The van der Waals surface area contributed by atoms with E-state index in [1.807, 2.05) is 0 Å². The Balaban J connectivity index is 0.849. The fraction of sp³-hybridized carbons (Fsp3) is 0.180. The van der Waals surface area contributed by atoms with Gasteiger partial charge < -0.3 is 28.0 Å². The third-order valence-corrected chi connectivity index (χ3v) is 24.8. The predicted molar refractivity (Wildman–Crippen MR) is 446 cm³/mol. The van der Waals surface area contributed by atoms with Crippen molar-refractivity contribution in [2.45, 2.75) is 114 Å². The van der Waals surface area contributed by atoms with E-state index in [2.05, 4.69) is 294 Å². The van der Waals surface area contributed by atoms with Gasteiger partial charge in [0.15, 0.2) is 16.7 Å². The molecule has 6 nitrogen and oxygen atoms in total. The molecule has 0 saturated heterocycles. The van der Waals surface area contributed by atoms with E-state index in [4.69, 9.17) is 13.3 Å². The predicted octanol–water partition coefficient (Wildman–Crippen LogP) is 30.3. The van der Waals surface area contributed by atoms with E-state index in [-0.39, 0.29) is 0 Å². The molecule has 0 N–H and O–H groups in total. The number of nitrogens with zero attached hydrogens (tertiary/aromatic N) is 3. The van der Waals surface area contributed by atoms with Crippen molar-refractivity contribution in [2.24, 2.45) is 0 Å². The molecule has 16 aromatic carbocycles. The molecule has 0 spiro atoms. The Morgan fingerprint density at radius 1 is 0.198 bits per heavy atom. The van der Waals surface area contributed by atoms with Crippen molar-refractivity contribution < 1.29 is 13.3 Å². The van der Waals surface area contributed by atoms with E-state index >= 15 is 0 Å². The number of fused-ring (bicyclic) bond motifs is 15. The molecule has 3 saturated carbocycles. The highest BCUT2D eigenvalue weighted by molar-refractivity contribution is 6.33. The van der Waals surface area contributed by atoms with Gasteiger partial charge in [-0.2, -0.15) is 0 Å². The van der Waals surface area contributed by atoms with Gasteiger partial charge in [0.1, 0.15) is 16.7 Å². The molecule has 3 aliphatic carbocycles. The minimum Gasteiger partial charge on any atom is -0.454 e. The smallest absolute Gasteiger partial charge is 0.159 e. The molecule has 3 heterocycles. The number of anilines is 9. The Labute approximate surface area is 615 Å². The average molecular weight is 1370 g/mol. The van der Waals surface area contributed by atoms with Crippen LogP contribution >= 0.6 is 0 Å². The molecule has 22 rings (SSSR count). The zero-order valence-electron chi connectivity index (χ0n) is 59.5. The van der Waals surface area contributed by atoms with Crippen molar-refractivity contribution in [1.29, 1.82) is 0 Å². The maximum Gasteiger partial charge on any atom is 0.159 e. The first kappa shape index (κ1) is 61.6. The van der Waals surface area contributed by atoms with Crippen molar-refractivity contribution >= 4 is 182 Å². The van der Waals surface area contributed by atoms with E-state index < -0.39 is 0 Å². The van der Waals surface area contributed by atoms with Gasteiger partial charge in [-0.3, -0.25) is 0 Å². The molecular weight excluding hydrogens is 1290 g/mol. The molecule has 0 amide bonds. The fourth-order valence-electron chi connectivity index (χ4n) is 20.0. The van der Waals surface area contributed by atoms with Crippen molar-refractivity contribution in [3.63, 3.8) is 0 Å². The lowest BCUT2D eigenvalue weighted by Gasteiger charge is -2.33. The first-order chi connectivity index (χ1) is 52.6. The van der Waals surface area contributed by atoms with Crippen LogP contribution in [0.1, 0.15) is 131 Å². The summed E-state index contributed by atoms with van der Waals surface area (Å²) in [5.74, 6) is 1.28. The van der Waals surface area contributed by atoms with E-state index in [9.17, 15) is 0 Å². The van der Waals surface area contributed by atoms with Gasteiger partial charge in [0, 0.05) is 70.9 Å². The highest BCUT2D eigenvalue weighted by Gasteiger charge is 2.34. The lowest BCUT2D eigenvalue weighted by atomic mass is 9.82. The average Bonchev–Trinajstić information content (AvgIpc) is 1.06. The van der Waals surface area contributed by atoms with E-state index in [1.54, 1.807) is 0 Å². The number of benzene rings is 16. The van der Waals surface area contributed by atoms with Crippen molar-refractivity contribution in [1.82, 2.24) is 0 Å². The molecule has 3 fully saturated rings. The number of hydrogen-bond donors (Lipinski definition) is 0. The third kappa shape index (κ3) is 9.61. The van der Waals surface area contributed by atoms with Crippen LogP contribution in [0.25, 0.3) is 130 Å². The molecule has 512 valence electrons. The Bertz CT molecular complexity index is 6430. The second-order valence-electron chi connectivity index (χ2n) is 30.7. The topological polar surface area (TPSA) is 49.1 Å². The molecule has 3 aliphatic rings. The Morgan fingerprint density at radius 2 is 0.509 bits per heavy atom. The maximum absolute atomic E-state index is 7.76.